The Kier molecular flexibility index (Phi) is 4.82. The van der Waals surface area contributed by atoms with Crippen LogP contribution >= 0.6 is 34.5 Å². The summed E-state index contributed by atoms with van der Waals surface area (Å²) >= 11 is 13.4. The summed E-state index contributed by atoms with van der Waals surface area (Å²) in [6.07, 6.45) is 0. The molecule has 0 saturated heterocycles. The predicted octanol–water partition coefficient (Wildman–Crippen LogP) is 3.97. The second kappa shape index (κ2) is 6.39. The molecule has 1 atom stereocenters. The first-order valence-electron chi connectivity index (χ1n) is 5.51. The fourth-order valence-corrected chi connectivity index (χ4v) is 2.86. The number of rotatable bonds is 5. The first-order valence-corrected chi connectivity index (χ1v) is 7.15. The van der Waals surface area contributed by atoms with Crippen LogP contribution in [0.5, 0.6) is 0 Å². The van der Waals surface area contributed by atoms with Crippen molar-refractivity contribution in [3.63, 3.8) is 0 Å². The van der Waals surface area contributed by atoms with Crippen molar-refractivity contribution < 1.29 is 9.90 Å². The van der Waals surface area contributed by atoms with Crippen LogP contribution in [0, 0.1) is 0 Å². The third kappa shape index (κ3) is 3.70. The van der Waals surface area contributed by atoms with E-state index in [0.29, 0.717) is 22.2 Å². The molecule has 19 heavy (non-hydrogen) atoms. The highest BCUT2D eigenvalue weighted by Crippen LogP contribution is 2.27. The molecule has 0 bridgehead atoms. The van der Waals surface area contributed by atoms with Crippen molar-refractivity contribution in [3.05, 3.63) is 56.2 Å². The summed E-state index contributed by atoms with van der Waals surface area (Å²) in [5, 5.41) is 15.1. The highest BCUT2D eigenvalue weighted by atomic mass is 35.5. The molecule has 3 nitrogen and oxygen atoms in total. The first kappa shape index (κ1) is 14.3. The Labute approximate surface area is 124 Å². The molecule has 0 saturated carbocycles. The minimum Gasteiger partial charge on any atom is -0.480 e. The maximum Gasteiger partial charge on any atom is 0.325 e. The zero-order valence-corrected chi connectivity index (χ0v) is 12.1. The third-order valence-electron chi connectivity index (χ3n) is 2.58. The van der Waals surface area contributed by atoms with Crippen molar-refractivity contribution in [1.82, 2.24) is 5.32 Å². The number of carboxylic acids is 1. The van der Waals surface area contributed by atoms with Gasteiger partial charge < -0.3 is 5.11 Å². The summed E-state index contributed by atoms with van der Waals surface area (Å²) in [5.41, 5.74) is 0.509. The van der Waals surface area contributed by atoms with Crippen LogP contribution in [-0.4, -0.2) is 11.1 Å². The molecule has 0 aliphatic carbocycles. The lowest BCUT2D eigenvalue weighted by molar-refractivity contribution is -0.139. The number of carboxylic acid groups (broad SMARTS) is 1. The minimum atomic E-state index is -0.972. The lowest BCUT2D eigenvalue weighted by Gasteiger charge is -2.16. The summed E-state index contributed by atoms with van der Waals surface area (Å²) in [7, 11) is 0. The van der Waals surface area contributed by atoms with E-state index in [0.717, 1.165) is 4.88 Å². The molecule has 1 aromatic heterocycles. The molecule has 100 valence electrons. The Morgan fingerprint density at radius 3 is 2.74 bits per heavy atom. The fourth-order valence-electron chi connectivity index (χ4n) is 1.68. The Bertz CT molecular complexity index is 572. The molecule has 0 radical (unpaired) electrons. The van der Waals surface area contributed by atoms with Gasteiger partial charge in [-0.1, -0.05) is 35.3 Å². The van der Waals surface area contributed by atoms with E-state index in [-0.39, 0.29) is 0 Å². The zero-order chi connectivity index (χ0) is 13.8. The summed E-state index contributed by atoms with van der Waals surface area (Å²) < 4.78 is 0. The minimum absolute atomic E-state index is 0.346. The van der Waals surface area contributed by atoms with Crippen LogP contribution in [0.1, 0.15) is 16.5 Å². The van der Waals surface area contributed by atoms with Gasteiger partial charge in [-0.05, 0) is 29.1 Å². The van der Waals surface area contributed by atoms with Gasteiger partial charge in [0.25, 0.3) is 0 Å². The Morgan fingerprint density at radius 1 is 1.37 bits per heavy atom. The highest BCUT2D eigenvalue weighted by Gasteiger charge is 2.21. The van der Waals surface area contributed by atoms with Crippen LogP contribution in [0.2, 0.25) is 10.0 Å². The topological polar surface area (TPSA) is 49.3 Å². The largest absolute Gasteiger partial charge is 0.480 e. The lowest BCUT2D eigenvalue weighted by atomic mass is 10.1. The van der Waals surface area contributed by atoms with Crippen LogP contribution in [0.25, 0.3) is 0 Å². The van der Waals surface area contributed by atoms with Gasteiger partial charge in [-0.15, -0.1) is 11.3 Å². The van der Waals surface area contributed by atoms with E-state index < -0.39 is 12.0 Å². The molecule has 2 N–H and O–H groups in total. The molecule has 0 fully saturated rings. The van der Waals surface area contributed by atoms with Crippen molar-refractivity contribution in [2.24, 2.45) is 0 Å². The van der Waals surface area contributed by atoms with Gasteiger partial charge in [0.15, 0.2) is 0 Å². The fraction of sp³-hybridized carbons (Fsp3) is 0.154. The number of benzene rings is 1. The van der Waals surface area contributed by atoms with E-state index >= 15 is 0 Å². The molecule has 1 heterocycles. The summed E-state index contributed by atoms with van der Waals surface area (Å²) in [5.74, 6) is -0.972. The van der Waals surface area contributed by atoms with Gasteiger partial charge in [-0.3, -0.25) is 10.1 Å². The molecule has 0 aliphatic heterocycles. The van der Waals surface area contributed by atoms with Crippen LogP contribution in [0.4, 0.5) is 0 Å². The summed E-state index contributed by atoms with van der Waals surface area (Å²) in [6, 6.07) is 7.82. The number of halogens is 2. The van der Waals surface area contributed by atoms with Crippen LogP contribution in [-0.2, 0) is 11.3 Å². The van der Waals surface area contributed by atoms with E-state index in [4.69, 9.17) is 23.2 Å². The molecule has 0 aliphatic rings. The van der Waals surface area contributed by atoms with Crippen LogP contribution in [0.15, 0.2) is 35.7 Å². The van der Waals surface area contributed by atoms with E-state index in [2.05, 4.69) is 5.32 Å². The Morgan fingerprint density at radius 2 is 2.16 bits per heavy atom. The normalized spacial score (nSPS) is 12.3. The number of aliphatic carboxylic acids is 1. The maximum absolute atomic E-state index is 11.3. The number of thiophene rings is 1. The standard InChI is InChI=1S/C13H11Cl2NO2S/c14-8-3-4-10(11(15)6-8)12(13(17)18)16-7-9-2-1-5-19-9/h1-6,12,16H,7H2,(H,17,18). The van der Waals surface area contributed by atoms with Crippen molar-refractivity contribution in [2.75, 3.05) is 0 Å². The SMILES string of the molecule is O=C(O)C(NCc1cccs1)c1ccc(Cl)cc1Cl. The van der Waals surface area contributed by atoms with Gasteiger partial charge in [-0.2, -0.15) is 0 Å². The molecule has 1 aromatic carbocycles. The average Bonchev–Trinajstić information content (AvgIpc) is 2.84. The van der Waals surface area contributed by atoms with Crippen molar-refractivity contribution >= 4 is 40.5 Å². The molecule has 2 aromatic rings. The highest BCUT2D eigenvalue weighted by molar-refractivity contribution is 7.09. The predicted molar refractivity (Wildman–Crippen MR) is 78.0 cm³/mol. The van der Waals surface area contributed by atoms with Gasteiger partial charge in [0.1, 0.15) is 6.04 Å². The number of hydrogen-bond donors (Lipinski definition) is 2. The zero-order valence-electron chi connectivity index (χ0n) is 9.77. The van der Waals surface area contributed by atoms with Gasteiger partial charge in [-0.25, -0.2) is 0 Å². The maximum atomic E-state index is 11.3. The van der Waals surface area contributed by atoms with E-state index in [1.807, 2.05) is 17.5 Å². The monoisotopic (exact) mass is 315 g/mol. The Hall–Kier alpha value is -1.07. The lowest BCUT2D eigenvalue weighted by Crippen LogP contribution is -2.28. The number of nitrogens with one attached hydrogen (secondary N) is 1. The van der Waals surface area contributed by atoms with Crippen molar-refractivity contribution in [1.29, 1.82) is 0 Å². The second-order valence-corrected chi connectivity index (χ2v) is 5.77. The summed E-state index contributed by atoms with van der Waals surface area (Å²) in [6.45, 7) is 0.480. The average molecular weight is 316 g/mol. The van der Waals surface area contributed by atoms with Gasteiger partial charge >= 0.3 is 5.97 Å². The quantitative estimate of drug-likeness (QED) is 0.877. The summed E-state index contributed by atoms with van der Waals surface area (Å²) in [4.78, 5) is 12.4. The van der Waals surface area contributed by atoms with Gasteiger partial charge in [0.2, 0.25) is 0 Å². The third-order valence-corrected chi connectivity index (χ3v) is 4.02. The Balaban J connectivity index is 2.17. The van der Waals surface area contributed by atoms with E-state index in [1.165, 1.54) is 0 Å². The number of hydrogen-bond acceptors (Lipinski definition) is 3. The number of carbonyl (C=O) groups is 1. The second-order valence-electron chi connectivity index (χ2n) is 3.90. The molecular formula is C13H11Cl2NO2S. The molecule has 1 unspecified atom stereocenters. The van der Waals surface area contributed by atoms with Crippen LogP contribution < -0.4 is 5.32 Å². The van der Waals surface area contributed by atoms with Crippen LogP contribution in [0.3, 0.4) is 0 Å². The molecule has 6 heteroatoms. The van der Waals surface area contributed by atoms with Gasteiger partial charge in [0.05, 0.1) is 0 Å². The molecule has 0 spiro atoms. The van der Waals surface area contributed by atoms with E-state index in [9.17, 15) is 9.90 Å². The van der Waals surface area contributed by atoms with Crippen molar-refractivity contribution in [3.8, 4) is 0 Å². The smallest absolute Gasteiger partial charge is 0.325 e. The molecule has 0 amide bonds. The molecular weight excluding hydrogens is 305 g/mol. The first-order chi connectivity index (χ1) is 9.08. The van der Waals surface area contributed by atoms with E-state index in [1.54, 1.807) is 29.5 Å². The molecule has 2 rings (SSSR count). The van der Waals surface area contributed by atoms with Gasteiger partial charge in [0, 0.05) is 21.5 Å². The van der Waals surface area contributed by atoms with Crippen molar-refractivity contribution in [2.45, 2.75) is 12.6 Å².